The number of hydrogen-bond acceptors (Lipinski definition) is 4. The van der Waals surface area contributed by atoms with Gasteiger partial charge in [0, 0.05) is 46.3 Å². The Balaban J connectivity index is 1.58. The van der Waals surface area contributed by atoms with Crippen molar-refractivity contribution in [1.29, 1.82) is 0 Å². The first-order chi connectivity index (χ1) is 22.9. The predicted octanol–water partition coefficient (Wildman–Crippen LogP) is 9.38. The van der Waals surface area contributed by atoms with E-state index in [1.54, 1.807) is 24.3 Å². The highest BCUT2D eigenvalue weighted by atomic mass is 32.2. The van der Waals surface area contributed by atoms with E-state index in [1.807, 2.05) is 100 Å². The molecule has 2 unspecified atom stereocenters. The van der Waals surface area contributed by atoms with E-state index in [1.165, 1.54) is 0 Å². The highest BCUT2D eigenvalue weighted by Crippen LogP contribution is 2.45. The van der Waals surface area contributed by atoms with Crippen molar-refractivity contribution in [2.45, 2.75) is 87.8 Å². The molecule has 0 bridgehead atoms. The normalized spacial score (nSPS) is 13.7. The summed E-state index contributed by atoms with van der Waals surface area (Å²) < 4.78 is 63.6. The summed E-state index contributed by atoms with van der Waals surface area (Å²) in [6.45, 7) is 13.3. The quantitative estimate of drug-likeness (QED) is 0.137. The van der Waals surface area contributed by atoms with Gasteiger partial charge >= 0.3 is 0 Å². The van der Waals surface area contributed by atoms with Crippen LogP contribution < -0.4 is 0 Å². The molecule has 0 saturated carbocycles. The second-order valence-electron chi connectivity index (χ2n) is 12.8. The number of hydrogen-bond donors (Lipinski definition) is 0. The lowest BCUT2D eigenvalue weighted by atomic mass is 9.99. The fourth-order valence-corrected chi connectivity index (χ4v) is 11.3. The van der Waals surface area contributed by atoms with Crippen LogP contribution in [0.25, 0.3) is 21.8 Å². The lowest BCUT2D eigenvalue weighted by Crippen LogP contribution is -2.20. The molecule has 2 aromatic heterocycles. The number of fused-ring (bicyclic) bond motifs is 2. The van der Waals surface area contributed by atoms with Crippen molar-refractivity contribution in [3.63, 3.8) is 0 Å². The molecule has 0 fully saturated rings. The van der Waals surface area contributed by atoms with Gasteiger partial charge in [-0.1, -0.05) is 71.8 Å². The Labute approximate surface area is 284 Å². The molecule has 2 atom stereocenters. The Morgan fingerprint density at radius 2 is 0.833 bits per heavy atom. The predicted molar refractivity (Wildman–Crippen MR) is 196 cm³/mol. The van der Waals surface area contributed by atoms with E-state index < -0.39 is 30.2 Å². The van der Waals surface area contributed by atoms with E-state index in [9.17, 15) is 16.8 Å². The third-order valence-electron chi connectivity index (χ3n) is 9.97. The lowest BCUT2D eigenvalue weighted by molar-refractivity contribution is 0.550. The van der Waals surface area contributed by atoms with Crippen molar-refractivity contribution in [1.82, 2.24) is 9.13 Å². The minimum Gasteiger partial charge on any atom is -0.345 e. The minimum atomic E-state index is -3.94. The van der Waals surface area contributed by atoms with Gasteiger partial charge in [-0.25, -0.2) is 16.8 Å². The largest absolute Gasteiger partial charge is 0.345 e. The highest BCUT2D eigenvalue weighted by Gasteiger charge is 2.38. The second-order valence-corrected chi connectivity index (χ2v) is 17.1. The van der Waals surface area contributed by atoms with Crippen LogP contribution in [-0.2, 0) is 32.8 Å². The molecular formula is C40H44N2O4S2. The van der Waals surface area contributed by atoms with Crippen LogP contribution in [0.4, 0.5) is 0 Å². The topological polar surface area (TPSA) is 78.1 Å². The third kappa shape index (κ3) is 5.69. The van der Waals surface area contributed by atoms with Gasteiger partial charge in [0.05, 0.1) is 20.3 Å². The molecule has 0 saturated heterocycles. The standard InChI is InChI=1S/C40H44N2O4S2/c1-7-41-29(5)39(33-13-9-11-15-35(33)41)37(47(43,44)31-21-17-27(3)18-22-31)25-26-38(48(45,46)32-23-19-28(4)20-24-32)40-30(6)42(8-2)36-16-12-10-14-34(36)40/h9-24,37-38H,7-8,25-26H2,1-6H3. The molecular weight excluding hydrogens is 637 g/mol. The summed E-state index contributed by atoms with van der Waals surface area (Å²) in [5.74, 6) is 0. The fourth-order valence-electron chi connectivity index (χ4n) is 7.54. The van der Waals surface area contributed by atoms with Crippen molar-refractivity contribution in [3.05, 3.63) is 131 Å². The first-order valence-corrected chi connectivity index (χ1v) is 19.8. The molecule has 0 spiro atoms. The van der Waals surface area contributed by atoms with E-state index in [0.717, 1.165) is 55.4 Å². The summed E-state index contributed by atoms with van der Waals surface area (Å²) in [5.41, 5.74) is 7.14. The molecule has 0 N–H and O–H groups in total. The van der Waals surface area contributed by atoms with Gasteiger partial charge in [0.25, 0.3) is 0 Å². The molecule has 0 aliphatic rings. The summed E-state index contributed by atoms with van der Waals surface area (Å²) >= 11 is 0. The van der Waals surface area contributed by atoms with Crippen LogP contribution in [0.5, 0.6) is 0 Å². The fraction of sp³-hybridized carbons (Fsp3) is 0.300. The number of para-hydroxylation sites is 2. The lowest BCUT2D eigenvalue weighted by Gasteiger charge is -2.24. The summed E-state index contributed by atoms with van der Waals surface area (Å²) in [5, 5.41) is -0.162. The molecule has 0 amide bonds. The van der Waals surface area contributed by atoms with E-state index >= 15 is 0 Å². The SMILES string of the molecule is CCn1c(C)c(C(CCC(c2c(C)n(CC)c3ccccc23)S(=O)(=O)c2ccc(C)cc2)S(=O)(=O)c2ccc(C)cc2)c2ccccc21. The Kier molecular flexibility index (Phi) is 9.18. The van der Waals surface area contributed by atoms with E-state index in [0.29, 0.717) is 13.1 Å². The molecule has 6 nitrogen and oxygen atoms in total. The first-order valence-electron chi connectivity index (χ1n) is 16.7. The number of benzene rings is 4. The molecule has 0 aliphatic carbocycles. The zero-order chi connectivity index (χ0) is 34.4. The van der Waals surface area contributed by atoms with Gasteiger partial charge < -0.3 is 9.13 Å². The second kappa shape index (κ2) is 13.1. The van der Waals surface area contributed by atoms with Gasteiger partial charge in [-0.05, 0) is 102 Å². The molecule has 0 aliphatic heterocycles. The summed E-state index contributed by atoms with van der Waals surface area (Å²) in [7, 11) is -7.88. The zero-order valence-corrected chi connectivity index (χ0v) is 30.2. The molecule has 48 heavy (non-hydrogen) atoms. The van der Waals surface area contributed by atoms with Gasteiger partial charge in [-0.2, -0.15) is 0 Å². The monoisotopic (exact) mass is 680 g/mol. The van der Waals surface area contributed by atoms with Crippen LogP contribution in [0.2, 0.25) is 0 Å². The van der Waals surface area contributed by atoms with Crippen molar-refractivity contribution >= 4 is 41.5 Å². The van der Waals surface area contributed by atoms with Crippen LogP contribution in [0.1, 0.15) is 70.8 Å². The average molecular weight is 681 g/mol. The average Bonchev–Trinajstić information content (AvgIpc) is 3.52. The van der Waals surface area contributed by atoms with Crippen LogP contribution >= 0.6 is 0 Å². The Morgan fingerprint density at radius 1 is 0.500 bits per heavy atom. The van der Waals surface area contributed by atoms with Crippen molar-refractivity contribution in [2.75, 3.05) is 0 Å². The van der Waals surface area contributed by atoms with Gasteiger partial charge in [0.15, 0.2) is 19.7 Å². The van der Waals surface area contributed by atoms with Gasteiger partial charge in [-0.3, -0.25) is 0 Å². The number of aryl methyl sites for hydroxylation is 4. The molecule has 4 aromatic carbocycles. The van der Waals surface area contributed by atoms with E-state index in [2.05, 4.69) is 23.0 Å². The van der Waals surface area contributed by atoms with Crippen LogP contribution in [0.15, 0.2) is 107 Å². The van der Waals surface area contributed by atoms with Crippen molar-refractivity contribution < 1.29 is 16.8 Å². The number of aromatic nitrogens is 2. The minimum absolute atomic E-state index is 0.121. The van der Waals surface area contributed by atoms with Crippen LogP contribution in [0, 0.1) is 27.7 Å². The number of sulfone groups is 2. The Bertz CT molecular complexity index is 2160. The van der Waals surface area contributed by atoms with Crippen molar-refractivity contribution in [3.8, 4) is 0 Å². The van der Waals surface area contributed by atoms with Crippen molar-refractivity contribution in [2.24, 2.45) is 0 Å². The molecule has 8 heteroatoms. The number of nitrogens with zero attached hydrogens (tertiary/aromatic N) is 2. The Morgan fingerprint density at radius 3 is 1.17 bits per heavy atom. The molecule has 0 radical (unpaired) electrons. The molecule has 6 rings (SSSR count). The molecule has 6 aromatic rings. The van der Waals surface area contributed by atoms with Crippen LogP contribution in [-0.4, -0.2) is 26.0 Å². The van der Waals surface area contributed by atoms with Gasteiger partial charge in [0.1, 0.15) is 0 Å². The molecule has 2 heterocycles. The summed E-state index contributed by atoms with van der Waals surface area (Å²) in [6.07, 6.45) is 0.241. The first kappa shape index (κ1) is 33.7. The summed E-state index contributed by atoms with van der Waals surface area (Å²) in [6, 6.07) is 29.8. The van der Waals surface area contributed by atoms with E-state index in [4.69, 9.17) is 0 Å². The number of rotatable bonds is 11. The third-order valence-corrected chi connectivity index (χ3v) is 14.3. The van der Waals surface area contributed by atoms with E-state index in [-0.39, 0.29) is 22.6 Å². The van der Waals surface area contributed by atoms with Gasteiger partial charge in [0.2, 0.25) is 0 Å². The highest BCUT2D eigenvalue weighted by molar-refractivity contribution is 7.92. The van der Waals surface area contributed by atoms with Crippen LogP contribution in [0.3, 0.4) is 0 Å². The van der Waals surface area contributed by atoms with Gasteiger partial charge in [-0.15, -0.1) is 0 Å². The zero-order valence-electron chi connectivity index (χ0n) is 28.6. The smallest absolute Gasteiger partial charge is 0.185 e. The maximum absolute atomic E-state index is 14.8. The molecule has 250 valence electrons. The Hall–Kier alpha value is -4.14. The maximum Gasteiger partial charge on any atom is 0.185 e. The summed E-state index contributed by atoms with van der Waals surface area (Å²) in [4.78, 5) is 0.477. The maximum atomic E-state index is 14.8.